The molecule has 19 heavy (non-hydrogen) atoms. The second kappa shape index (κ2) is 7.82. The molecule has 0 aliphatic rings. The van der Waals surface area contributed by atoms with Crippen molar-refractivity contribution in [2.45, 2.75) is 46.6 Å². The smallest absolute Gasteiger partial charge is 0.220 e. The van der Waals surface area contributed by atoms with Crippen molar-refractivity contribution in [3.8, 4) is 5.75 Å². The molecular weight excluding hydrogens is 238 g/mol. The molecule has 1 aromatic carbocycles. The van der Waals surface area contributed by atoms with Crippen LogP contribution in [0.3, 0.4) is 0 Å². The van der Waals surface area contributed by atoms with E-state index in [2.05, 4.69) is 19.2 Å². The maximum absolute atomic E-state index is 11.8. The van der Waals surface area contributed by atoms with Crippen LogP contribution in [0.25, 0.3) is 0 Å². The molecule has 106 valence electrons. The van der Waals surface area contributed by atoms with Gasteiger partial charge in [0.15, 0.2) is 0 Å². The van der Waals surface area contributed by atoms with E-state index in [1.54, 1.807) is 0 Å². The average Bonchev–Trinajstić information content (AvgIpc) is 2.38. The molecule has 0 heterocycles. The quantitative estimate of drug-likeness (QED) is 0.820. The van der Waals surface area contributed by atoms with Crippen LogP contribution < -0.4 is 10.1 Å². The number of hydrogen-bond donors (Lipinski definition) is 1. The van der Waals surface area contributed by atoms with Crippen molar-refractivity contribution in [2.75, 3.05) is 6.61 Å². The SMILES string of the molecule is CCOc1ccccc1CCC(=O)NC(C)C(C)C. The lowest BCUT2D eigenvalue weighted by molar-refractivity contribution is -0.121. The molecule has 3 heteroatoms. The fraction of sp³-hybridized carbons (Fsp3) is 0.562. The Morgan fingerprint density at radius 2 is 1.95 bits per heavy atom. The van der Waals surface area contributed by atoms with Gasteiger partial charge in [-0.2, -0.15) is 0 Å². The monoisotopic (exact) mass is 263 g/mol. The second-order valence-electron chi connectivity index (χ2n) is 5.14. The Kier molecular flexibility index (Phi) is 6.40. The minimum absolute atomic E-state index is 0.104. The molecular formula is C16H25NO2. The number of carbonyl (C=O) groups excluding carboxylic acids is 1. The number of carbonyl (C=O) groups is 1. The number of para-hydroxylation sites is 1. The molecule has 0 saturated heterocycles. The van der Waals surface area contributed by atoms with Crippen molar-refractivity contribution in [3.63, 3.8) is 0 Å². The van der Waals surface area contributed by atoms with E-state index in [0.29, 0.717) is 25.4 Å². The summed E-state index contributed by atoms with van der Waals surface area (Å²) < 4.78 is 5.56. The molecule has 0 radical (unpaired) electrons. The lowest BCUT2D eigenvalue weighted by atomic mass is 10.1. The van der Waals surface area contributed by atoms with Gasteiger partial charge < -0.3 is 10.1 Å². The third-order valence-corrected chi connectivity index (χ3v) is 3.28. The number of benzene rings is 1. The number of ether oxygens (including phenoxy) is 1. The van der Waals surface area contributed by atoms with Crippen molar-refractivity contribution in [1.29, 1.82) is 0 Å². The summed E-state index contributed by atoms with van der Waals surface area (Å²) in [7, 11) is 0. The van der Waals surface area contributed by atoms with Gasteiger partial charge in [-0.25, -0.2) is 0 Å². The van der Waals surface area contributed by atoms with E-state index in [4.69, 9.17) is 4.74 Å². The molecule has 0 aliphatic heterocycles. The topological polar surface area (TPSA) is 38.3 Å². The van der Waals surface area contributed by atoms with Gasteiger partial charge in [0, 0.05) is 12.5 Å². The third-order valence-electron chi connectivity index (χ3n) is 3.28. The summed E-state index contributed by atoms with van der Waals surface area (Å²) in [5, 5.41) is 3.02. The first kappa shape index (κ1) is 15.5. The molecule has 0 bridgehead atoms. The van der Waals surface area contributed by atoms with E-state index in [0.717, 1.165) is 11.3 Å². The number of hydrogen-bond acceptors (Lipinski definition) is 2. The summed E-state index contributed by atoms with van der Waals surface area (Å²) in [5.74, 6) is 1.45. The highest BCUT2D eigenvalue weighted by Crippen LogP contribution is 2.19. The second-order valence-corrected chi connectivity index (χ2v) is 5.14. The third kappa shape index (κ3) is 5.33. The molecule has 0 aromatic heterocycles. The fourth-order valence-corrected chi connectivity index (χ4v) is 1.75. The lowest BCUT2D eigenvalue weighted by Crippen LogP contribution is -2.36. The van der Waals surface area contributed by atoms with Crippen LogP contribution in [-0.2, 0) is 11.2 Å². The molecule has 0 fully saturated rings. The summed E-state index contributed by atoms with van der Waals surface area (Å²) >= 11 is 0. The van der Waals surface area contributed by atoms with Crippen LogP contribution >= 0.6 is 0 Å². The first-order valence-electron chi connectivity index (χ1n) is 7.04. The zero-order chi connectivity index (χ0) is 14.3. The van der Waals surface area contributed by atoms with E-state index in [9.17, 15) is 4.79 Å². The van der Waals surface area contributed by atoms with Crippen molar-refractivity contribution < 1.29 is 9.53 Å². The van der Waals surface area contributed by atoms with Crippen LogP contribution in [0.4, 0.5) is 0 Å². The first-order chi connectivity index (χ1) is 9.04. The molecule has 1 rings (SSSR count). The first-order valence-corrected chi connectivity index (χ1v) is 7.04. The molecule has 1 unspecified atom stereocenters. The number of aryl methyl sites for hydroxylation is 1. The van der Waals surface area contributed by atoms with Crippen LogP contribution in [0.15, 0.2) is 24.3 Å². The number of nitrogens with one attached hydrogen (secondary N) is 1. The van der Waals surface area contributed by atoms with E-state index < -0.39 is 0 Å². The minimum Gasteiger partial charge on any atom is -0.494 e. The number of amides is 1. The Hall–Kier alpha value is -1.51. The average molecular weight is 263 g/mol. The largest absolute Gasteiger partial charge is 0.494 e. The lowest BCUT2D eigenvalue weighted by Gasteiger charge is -2.17. The van der Waals surface area contributed by atoms with Crippen molar-refractivity contribution >= 4 is 5.91 Å². The Morgan fingerprint density at radius 1 is 1.26 bits per heavy atom. The van der Waals surface area contributed by atoms with Crippen molar-refractivity contribution in [1.82, 2.24) is 5.32 Å². The summed E-state index contributed by atoms with van der Waals surface area (Å²) in [4.78, 5) is 11.8. The summed E-state index contributed by atoms with van der Waals surface area (Å²) in [6.45, 7) is 8.86. The molecule has 0 aliphatic carbocycles. The molecule has 0 saturated carbocycles. The highest BCUT2D eigenvalue weighted by molar-refractivity contribution is 5.76. The van der Waals surface area contributed by atoms with Gasteiger partial charge in [0.1, 0.15) is 5.75 Å². The fourth-order valence-electron chi connectivity index (χ4n) is 1.75. The Bertz CT molecular complexity index is 401. The standard InChI is InChI=1S/C16H25NO2/c1-5-19-15-9-7-6-8-14(15)10-11-16(18)17-13(4)12(2)3/h6-9,12-13H,5,10-11H2,1-4H3,(H,17,18). The van der Waals surface area contributed by atoms with E-state index >= 15 is 0 Å². The van der Waals surface area contributed by atoms with Gasteiger partial charge in [-0.1, -0.05) is 32.0 Å². The molecule has 1 aromatic rings. The van der Waals surface area contributed by atoms with Gasteiger partial charge in [-0.15, -0.1) is 0 Å². The van der Waals surface area contributed by atoms with Gasteiger partial charge in [0.2, 0.25) is 5.91 Å². The van der Waals surface area contributed by atoms with Crippen LogP contribution in [0.5, 0.6) is 5.75 Å². The maximum atomic E-state index is 11.8. The summed E-state index contributed by atoms with van der Waals surface area (Å²) in [6.07, 6.45) is 1.22. The van der Waals surface area contributed by atoms with Gasteiger partial charge in [0.25, 0.3) is 0 Å². The van der Waals surface area contributed by atoms with E-state index in [1.165, 1.54) is 0 Å². The molecule has 3 nitrogen and oxygen atoms in total. The molecule has 0 spiro atoms. The van der Waals surface area contributed by atoms with Crippen LogP contribution in [0, 0.1) is 5.92 Å². The summed E-state index contributed by atoms with van der Waals surface area (Å²) in [6, 6.07) is 8.12. The van der Waals surface area contributed by atoms with Gasteiger partial charge in [-0.05, 0) is 37.8 Å². The molecule has 1 amide bonds. The van der Waals surface area contributed by atoms with Gasteiger partial charge in [-0.3, -0.25) is 4.79 Å². The minimum atomic E-state index is 0.104. The van der Waals surface area contributed by atoms with Gasteiger partial charge >= 0.3 is 0 Å². The van der Waals surface area contributed by atoms with Crippen LogP contribution in [0.2, 0.25) is 0 Å². The Balaban J connectivity index is 2.50. The van der Waals surface area contributed by atoms with Gasteiger partial charge in [0.05, 0.1) is 6.61 Å². The normalized spacial score (nSPS) is 12.3. The predicted molar refractivity (Wildman–Crippen MR) is 78.4 cm³/mol. The van der Waals surface area contributed by atoms with Crippen LogP contribution in [0.1, 0.15) is 39.7 Å². The van der Waals surface area contributed by atoms with E-state index in [-0.39, 0.29) is 11.9 Å². The highest BCUT2D eigenvalue weighted by Gasteiger charge is 2.11. The predicted octanol–water partition coefficient (Wildman–Crippen LogP) is 3.18. The summed E-state index contributed by atoms with van der Waals surface area (Å²) in [5.41, 5.74) is 1.09. The molecule has 1 atom stereocenters. The van der Waals surface area contributed by atoms with Crippen molar-refractivity contribution in [3.05, 3.63) is 29.8 Å². The van der Waals surface area contributed by atoms with Crippen molar-refractivity contribution in [2.24, 2.45) is 5.92 Å². The zero-order valence-corrected chi connectivity index (χ0v) is 12.4. The zero-order valence-electron chi connectivity index (χ0n) is 12.4. The van der Waals surface area contributed by atoms with Crippen LogP contribution in [-0.4, -0.2) is 18.6 Å². The maximum Gasteiger partial charge on any atom is 0.220 e. The highest BCUT2D eigenvalue weighted by atomic mass is 16.5. The number of rotatable bonds is 7. The van der Waals surface area contributed by atoms with E-state index in [1.807, 2.05) is 38.1 Å². The Morgan fingerprint density at radius 3 is 2.58 bits per heavy atom. The molecule has 1 N–H and O–H groups in total. The Labute approximate surface area is 116 Å².